The maximum atomic E-state index is 6.38. The van der Waals surface area contributed by atoms with Crippen molar-refractivity contribution in [2.75, 3.05) is 0 Å². The van der Waals surface area contributed by atoms with Crippen molar-refractivity contribution in [3.8, 4) is 44.9 Å². The first-order chi connectivity index (χ1) is 20.3. The molecule has 41 heavy (non-hydrogen) atoms. The molecule has 0 aliphatic rings. The maximum absolute atomic E-state index is 6.38. The van der Waals surface area contributed by atoms with Crippen LogP contribution in [0.5, 0.6) is 0 Å². The van der Waals surface area contributed by atoms with E-state index < -0.39 is 0 Å². The van der Waals surface area contributed by atoms with Crippen LogP contribution in [0.4, 0.5) is 0 Å². The molecule has 2 heterocycles. The van der Waals surface area contributed by atoms with Crippen LogP contribution < -0.4 is 0 Å². The molecule has 0 saturated heterocycles. The van der Waals surface area contributed by atoms with Gasteiger partial charge >= 0.3 is 0 Å². The number of fused-ring (bicyclic) bond motifs is 4. The van der Waals surface area contributed by atoms with E-state index in [9.17, 15) is 0 Å². The predicted octanol–water partition coefficient (Wildman–Crippen LogP) is 10.2. The summed E-state index contributed by atoms with van der Waals surface area (Å²) in [4.78, 5) is 10.2. The summed E-state index contributed by atoms with van der Waals surface area (Å²) in [7, 11) is 0. The summed E-state index contributed by atoms with van der Waals surface area (Å²) < 4.78 is 6.38. The van der Waals surface area contributed by atoms with Crippen molar-refractivity contribution in [1.29, 1.82) is 0 Å². The maximum Gasteiger partial charge on any atom is 0.180 e. The monoisotopic (exact) mass is 524 g/mol. The Hall–Kier alpha value is -5.54. The van der Waals surface area contributed by atoms with Gasteiger partial charge in [-0.25, -0.2) is 9.97 Å². The molecular formula is C38H24N2O. The zero-order valence-corrected chi connectivity index (χ0v) is 22.2. The minimum atomic E-state index is 0.673. The van der Waals surface area contributed by atoms with Crippen molar-refractivity contribution in [1.82, 2.24) is 9.97 Å². The molecule has 0 radical (unpaired) electrons. The summed E-state index contributed by atoms with van der Waals surface area (Å²) in [5.41, 5.74) is 9.64. The first-order valence-corrected chi connectivity index (χ1v) is 13.7. The number of aromatic nitrogens is 2. The number of rotatable bonds is 4. The third kappa shape index (κ3) is 4.16. The van der Waals surface area contributed by atoms with Crippen LogP contribution in [0.25, 0.3) is 77.7 Å². The lowest BCUT2D eigenvalue weighted by molar-refractivity contribution is 0.667. The Bertz CT molecular complexity index is 2210. The molecule has 0 bridgehead atoms. The topological polar surface area (TPSA) is 38.9 Å². The highest BCUT2D eigenvalue weighted by Crippen LogP contribution is 2.37. The molecule has 192 valence electrons. The van der Waals surface area contributed by atoms with Crippen LogP contribution in [-0.4, -0.2) is 9.97 Å². The Balaban J connectivity index is 1.32. The molecule has 0 atom stereocenters. The molecule has 0 N–H and O–H groups in total. The molecule has 0 aliphatic heterocycles. The molecule has 0 amide bonds. The fourth-order valence-electron chi connectivity index (χ4n) is 5.60. The lowest BCUT2D eigenvalue weighted by Gasteiger charge is -2.10. The van der Waals surface area contributed by atoms with E-state index in [0.29, 0.717) is 11.4 Å². The Morgan fingerprint density at radius 3 is 1.93 bits per heavy atom. The Kier molecular flexibility index (Phi) is 5.46. The second kappa shape index (κ2) is 9.58. The van der Waals surface area contributed by atoms with Crippen LogP contribution in [0.15, 0.2) is 150 Å². The van der Waals surface area contributed by atoms with E-state index in [4.69, 9.17) is 14.4 Å². The van der Waals surface area contributed by atoms with Gasteiger partial charge in [-0.1, -0.05) is 115 Å². The number of para-hydroxylation sites is 1. The fourth-order valence-corrected chi connectivity index (χ4v) is 5.60. The van der Waals surface area contributed by atoms with Gasteiger partial charge in [-0.2, -0.15) is 0 Å². The molecule has 3 nitrogen and oxygen atoms in total. The van der Waals surface area contributed by atoms with Gasteiger partial charge in [0.1, 0.15) is 16.8 Å². The number of hydrogen-bond donors (Lipinski definition) is 0. The van der Waals surface area contributed by atoms with Crippen LogP contribution in [-0.2, 0) is 0 Å². The largest absolute Gasteiger partial charge is 0.452 e. The SMILES string of the molecule is c1ccc(-c2cccc(-c3nc(-c4cccc(-c5ccc6ccccc6c5)c4)nc4c3oc3ccccc34)c2)cc1. The van der Waals surface area contributed by atoms with Gasteiger partial charge in [0.15, 0.2) is 11.4 Å². The smallest absolute Gasteiger partial charge is 0.180 e. The quantitative estimate of drug-likeness (QED) is 0.230. The Morgan fingerprint density at radius 1 is 0.415 bits per heavy atom. The molecule has 0 unspecified atom stereocenters. The summed E-state index contributed by atoms with van der Waals surface area (Å²) in [6.07, 6.45) is 0. The van der Waals surface area contributed by atoms with Crippen LogP contribution >= 0.6 is 0 Å². The van der Waals surface area contributed by atoms with Crippen molar-refractivity contribution in [3.63, 3.8) is 0 Å². The summed E-state index contributed by atoms with van der Waals surface area (Å²) in [5, 5.41) is 3.44. The lowest BCUT2D eigenvalue weighted by atomic mass is 9.99. The predicted molar refractivity (Wildman–Crippen MR) is 169 cm³/mol. The highest BCUT2D eigenvalue weighted by Gasteiger charge is 2.18. The van der Waals surface area contributed by atoms with Gasteiger partial charge in [0.25, 0.3) is 0 Å². The van der Waals surface area contributed by atoms with Crippen molar-refractivity contribution in [2.45, 2.75) is 0 Å². The van der Waals surface area contributed by atoms with Crippen LogP contribution in [0.2, 0.25) is 0 Å². The van der Waals surface area contributed by atoms with Crippen LogP contribution in [0, 0.1) is 0 Å². The van der Waals surface area contributed by atoms with E-state index in [-0.39, 0.29) is 0 Å². The molecule has 6 aromatic carbocycles. The average molecular weight is 525 g/mol. The standard InChI is InChI=1S/C38H24N2O/c1-2-10-25(11-3-1)28-14-8-16-31(23-28)35-37-36(33-18-6-7-19-34(33)41-37)40-38(39-35)32-17-9-15-29(24-32)30-21-20-26-12-4-5-13-27(26)22-30/h1-24H. The van der Waals surface area contributed by atoms with Crippen molar-refractivity contribution >= 4 is 32.8 Å². The number of hydrogen-bond acceptors (Lipinski definition) is 3. The number of benzene rings is 6. The van der Waals surface area contributed by atoms with Gasteiger partial charge in [0, 0.05) is 16.5 Å². The third-order valence-corrected chi connectivity index (χ3v) is 7.67. The third-order valence-electron chi connectivity index (χ3n) is 7.67. The summed E-state index contributed by atoms with van der Waals surface area (Å²) in [6, 6.07) is 50.5. The average Bonchev–Trinajstić information content (AvgIpc) is 3.43. The minimum absolute atomic E-state index is 0.673. The van der Waals surface area contributed by atoms with Crippen LogP contribution in [0.3, 0.4) is 0 Å². The van der Waals surface area contributed by atoms with E-state index in [1.807, 2.05) is 24.3 Å². The molecule has 8 rings (SSSR count). The zero-order valence-electron chi connectivity index (χ0n) is 22.2. The number of nitrogens with zero attached hydrogens (tertiary/aromatic N) is 2. The van der Waals surface area contributed by atoms with Gasteiger partial charge in [0.05, 0.1) is 0 Å². The van der Waals surface area contributed by atoms with Crippen molar-refractivity contribution < 1.29 is 4.42 Å². The van der Waals surface area contributed by atoms with E-state index in [1.54, 1.807) is 0 Å². The van der Waals surface area contributed by atoms with E-state index in [2.05, 4.69) is 121 Å². The first kappa shape index (κ1) is 23.4. The van der Waals surface area contributed by atoms with Gasteiger partial charge < -0.3 is 4.42 Å². The molecule has 0 saturated carbocycles. The van der Waals surface area contributed by atoms with Gasteiger partial charge in [-0.05, 0) is 63.4 Å². The zero-order chi connectivity index (χ0) is 27.2. The Labute approximate surface area is 237 Å². The molecule has 3 heteroatoms. The van der Waals surface area contributed by atoms with E-state index in [1.165, 1.54) is 10.8 Å². The number of furan rings is 1. The highest BCUT2D eigenvalue weighted by atomic mass is 16.3. The van der Waals surface area contributed by atoms with Crippen molar-refractivity contribution in [2.24, 2.45) is 0 Å². The summed E-state index contributed by atoms with van der Waals surface area (Å²) >= 11 is 0. The highest BCUT2D eigenvalue weighted by molar-refractivity contribution is 6.07. The lowest BCUT2D eigenvalue weighted by Crippen LogP contribution is -1.94. The van der Waals surface area contributed by atoms with E-state index in [0.717, 1.165) is 55.6 Å². The molecule has 8 aromatic rings. The molecule has 0 fully saturated rings. The van der Waals surface area contributed by atoms with Gasteiger partial charge in [-0.15, -0.1) is 0 Å². The molecule has 0 aliphatic carbocycles. The molecule has 0 spiro atoms. The summed E-state index contributed by atoms with van der Waals surface area (Å²) in [6.45, 7) is 0. The Morgan fingerprint density at radius 2 is 1.05 bits per heavy atom. The first-order valence-electron chi connectivity index (χ1n) is 13.7. The summed E-state index contributed by atoms with van der Waals surface area (Å²) in [5.74, 6) is 0.673. The fraction of sp³-hybridized carbons (Fsp3) is 0. The van der Waals surface area contributed by atoms with Gasteiger partial charge in [0.2, 0.25) is 0 Å². The molecule has 2 aromatic heterocycles. The second-order valence-electron chi connectivity index (χ2n) is 10.3. The van der Waals surface area contributed by atoms with Gasteiger partial charge in [-0.3, -0.25) is 0 Å². The minimum Gasteiger partial charge on any atom is -0.452 e. The molecular weight excluding hydrogens is 500 g/mol. The van der Waals surface area contributed by atoms with Crippen molar-refractivity contribution in [3.05, 3.63) is 146 Å². The second-order valence-corrected chi connectivity index (χ2v) is 10.3. The van der Waals surface area contributed by atoms with E-state index >= 15 is 0 Å². The van der Waals surface area contributed by atoms with Crippen LogP contribution in [0.1, 0.15) is 0 Å². The normalized spacial score (nSPS) is 11.4.